The molecule has 0 spiro atoms. The van der Waals surface area contributed by atoms with Crippen LogP contribution in [-0.2, 0) is 22.4 Å². The topological polar surface area (TPSA) is 62.1 Å². The molecule has 6 heteroatoms. The van der Waals surface area contributed by atoms with E-state index in [0.717, 1.165) is 41.2 Å². The SMILES string of the molecule is CCCc1ncc(-c2c(-c3ccccc3)ncn2C[C@@H]2COCCO2)cn1. The Kier molecular flexibility index (Phi) is 5.55. The standard InChI is InChI=1S/C21H24N4O2/c1-2-6-19-22-11-17(12-23-19)21-20(16-7-4-3-5-8-16)24-15-25(21)13-18-14-26-9-10-27-18/h3-5,7-8,11-12,15,18H,2,6,9-10,13-14H2,1H3/t18-/m1/s1. The molecule has 140 valence electrons. The zero-order valence-corrected chi connectivity index (χ0v) is 15.5. The lowest BCUT2D eigenvalue weighted by Crippen LogP contribution is -2.32. The molecule has 0 saturated carbocycles. The molecule has 0 bridgehead atoms. The number of aromatic nitrogens is 4. The fourth-order valence-electron chi connectivity index (χ4n) is 3.32. The second kappa shape index (κ2) is 8.41. The Balaban J connectivity index is 1.72. The van der Waals surface area contributed by atoms with Gasteiger partial charge in [0.05, 0.1) is 50.2 Å². The Hall–Kier alpha value is -2.57. The largest absolute Gasteiger partial charge is 0.376 e. The summed E-state index contributed by atoms with van der Waals surface area (Å²) in [5, 5.41) is 0. The summed E-state index contributed by atoms with van der Waals surface area (Å²) in [5.41, 5.74) is 3.98. The van der Waals surface area contributed by atoms with E-state index in [1.54, 1.807) is 0 Å². The quantitative estimate of drug-likeness (QED) is 0.671. The second-order valence-electron chi connectivity index (χ2n) is 6.67. The van der Waals surface area contributed by atoms with Crippen LogP contribution < -0.4 is 0 Å². The third-order valence-electron chi connectivity index (χ3n) is 4.62. The van der Waals surface area contributed by atoms with Crippen molar-refractivity contribution in [3.8, 4) is 22.5 Å². The highest BCUT2D eigenvalue weighted by Gasteiger charge is 2.20. The lowest BCUT2D eigenvalue weighted by atomic mass is 10.1. The molecule has 6 nitrogen and oxygen atoms in total. The second-order valence-corrected chi connectivity index (χ2v) is 6.67. The van der Waals surface area contributed by atoms with E-state index >= 15 is 0 Å². The van der Waals surface area contributed by atoms with Crippen molar-refractivity contribution in [2.45, 2.75) is 32.4 Å². The molecule has 0 amide bonds. The van der Waals surface area contributed by atoms with E-state index in [4.69, 9.17) is 14.5 Å². The fraction of sp³-hybridized carbons (Fsp3) is 0.381. The average Bonchev–Trinajstić information content (AvgIpc) is 3.14. The Morgan fingerprint density at radius 3 is 2.56 bits per heavy atom. The zero-order valence-electron chi connectivity index (χ0n) is 15.5. The normalized spacial score (nSPS) is 17.1. The van der Waals surface area contributed by atoms with Gasteiger partial charge < -0.3 is 14.0 Å². The van der Waals surface area contributed by atoms with Crippen LogP contribution in [0.1, 0.15) is 19.2 Å². The van der Waals surface area contributed by atoms with Gasteiger partial charge in [-0.05, 0) is 6.42 Å². The van der Waals surface area contributed by atoms with Gasteiger partial charge in [-0.25, -0.2) is 15.0 Å². The summed E-state index contributed by atoms with van der Waals surface area (Å²) >= 11 is 0. The van der Waals surface area contributed by atoms with Gasteiger partial charge in [0.1, 0.15) is 5.82 Å². The van der Waals surface area contributed by atoms with Crippen LogP contribution in [0.5, 0.6) is 0 Å². The molecule has 0 radical (unpaired) electrons. The molecule has 1 saturated heterocycles. The van der Waals surface area contributed by atoms with Crippen molar-refractivity contribution in [1.29, 1.82) is 0 Å². The van der Waals surface area contributed by atoms with Gasteiger partial charge in [-0.3, -0.25) is 0 Å². The Morgan fingerprint density at radius 1 is 1.04 bits per heavy atom. The van der Waals surface area contributed by atoms with Crippen molar-refractivity contribution in [3.63, 3.8) is 0 Å². The Morgan fingerprint density at radius 2 is 1.85 bits per heavy atom. The van der Waals surface area contributed by atoms with E-state index in [-0.39, 0.29) is 6.10 Å². The number of aryl methyl sites for hydroxylation is 1. The minimum absolute atomic E-state index is 0.0237. The Labute approximate surface area is 159 Å². The molecule has 3 heterocycles. The van der Waals surface area contributed by atoms with Gasteiger partial charge in [-0.15, -0.1) is 0 Å². The predicted molar refractivity (Wildman–Crippen MR) is 103 cm³/mol. The number of ether oxygens (including phenoxy) is 2. The number of rotatable bonds is 6. The van der Waals surface area contributed by atoms with Crippen molar-refractivity contribution in [3.05, 3.63) is 54.9 Å². The number of hydrogen-bond acceptors (Lipinski definition) is 5. The van der Waals surface area contributed by atoms with Gasteiger partial charge in [0.15, 0.2) is 0 Å². The van der Waals surface area contributed by atoms with Crippen molar-refractivity contribution in [2.75, 3.05) is 19.8 Å². The van der Waals surface area contributed by atoms with Crippen molar-refractivity contribution >= 4 is 0 Å². The first-order valence-electron chi connectivity index (χ1n) is 9.46. The lowest BCUT2D eigenvalue weighted by molar-refractivity contribution is -0.0934. The minimum Gasteiger partial charge on any atom is -0.376 e. The smallest absolute Gasteiger partial charge is 0.128 e. The summed E-state index contributed by atoms with van der Waals surface area (Å²) in [6.45, 7) is 4.71. The molecule has 1 aliphatic heterocycles. The first-order valence-corrected chi connectivity index (χ1v) is 9.46. The van der Waals surface area contributed by atoms with Gasteiger partial charge in [-0.2, -0.15) is 0 Å². The van der Waals surface area contributed by atoms with Gasteiger partial charge in [0.2, 0.25) is 0 Å². The summed E-state index contributed by atoms with van der Waals surface area (Å²) in [6.07, 6.45) is 7.61. The van der Waals surface area contributed by atoms with Crippen LogP contribution in [-0.4, -0.2) is 45.4 Å². The van der Waals surface area contributed by atoms with Crippen LogP contribution >= 0.6 is 0 Å². The maximum Gasteiger partial charge on any atom is 0.128 e. The van der Waals surface area contributed by atoms with E-state index in [2.05, 4.69) is 33.6 Å². The maximum atomic E-state index is 5.83. The third-order valence-corrected chi connectivity index (χ3v) is 4.62. The summed E-state index contributed by atoms with van der Waals surface area (Å²) in [5.74, 6) is 0.873. The average molecular weight is 364 g/mol. The molecule has 2 aromatic heterocycles. The van der Waals surface area contributed by atoms with E-state index in [9.17, 15) is 0 Å². The van der Waals surface area contributed by atoms with Crippen LogP contribution in [0.4, 0.5) is 0 Å². The van der Waals surface area contributed by atoms with Gasteiger partial charge in [0, 0.05) is 29.9 Å². The van der Waals surface area contributed by atoms with E-state index in [1.807, 2.05) is 36.9 Å². The highest BCUT2D eigenvalue weighted by atomic mass is 16.6. The number of nitrogens with zero attached hydrogens (tertiary/aromatic N) is 4. The van der Waals surface area contributed by atoms with Crippen LogP contribution in [0.3, 0.4) is 0 Å². The number of benzene rings is 1. The molecule has 1 aliphatic rings. The van der Waals surface area contributed by atoms with Crippen molar-refractivity contribution < 1.29 is 9.47 Å². The van der Waals surface area contributed by atoms with Crippen molar-refractivity contribution in [1.82, 2.24) is 19.5 Å². The third kappa shape index (κ3) is 4.07. The van der Waals surface area contributed by atoms with Crippen molar-refractivity contribution in [2.24, 2.45) is 0 Å². The molecule has 1 aromatic carbocycles. The molecule has 1 fully saturated rings. The summed E-state index contributed by atoms with van der Waals surface area (Å²) in [6, 6.07) is 10.2. The number of imidazole rings is 1. The molecule has 0 aliphatic carbocycles. The van der Waals surface area contributed by atoms with E-state index in [0.29, 0.717) is 26.4 Å². The molecular weight excluding hydrogens is 340 g/mol. The summed E-state index contributed by atoms with van der Waals surface area (Å²) in [7, 11) is 0. The predicted octanol–water partition coefficient (Wildman–Crippen LogP) is 3.38. The Bertz CT molecular complexity index is 856. The molecular formula is C21H24N4O2. The minimum atomic E-state index is 0.0237. The molecule has 0 unspecified atom stereocenters. The highest BCUT2D eigenvalue weighted by Crippen LogP contribution is 2.31. The van der Waals surface area contributed by atoms with E-state index in [1.165, 1.54) is 0 Å². The lowest BCUT2D eigenvalue weighted by Gasteiger charge is -2.24. The van der Waals surface area contributed by atoms with Crippen LogP contribution in [0.2, 0.25) is 0 Å². The fourth-order valence-corrected chi connectivity index (χ4v) is 3.32. The molecule has 3 aromatic rings. The monoisotopic (exact) mass is 364 g/mol. The number of hydrogen-bond donors (Lipinski definition) is 0. The maximum absolute atomic E-state index is 5.83. The van der Waals surface area contributed by atoms with Gasteiger partial charge in [0.25, 0.3) is 0 Å². The highest BCUT2D eigenvalue weighted by molar-refractivity contribution is 5.77. The van der Waals surface area contributed by atoms with Crippen LogP contribution in [0, 0.1) is 0 Å². The first-order chi connectivity index (χ1) is 13.3. The van der Waals surface area contributed by atoms with Crippen LogP contribution in [0.15, 0.2) is 49.1 Å². The van der Waals surface area contributed by atoms with E-state index < -0.39 is 0 Å². The summed E-state index contributed by atoms with van der Waals surface area (Å²) < 4.78 is 13.5. The zero-order chi connectivity index (χ0) is 18.5. The summed E-state index contributed by atoms with van der Waals surface area (Å²) in [4.78, 5) is 13.8. The molecule has 1 atom stereocenters. The van der Waals surface area contributed by atoms with Gasteiger partial charge in [-0.1, -0.05) is 37.3 Å². The molecule has 27 heavy (non-hydrogen) atoms. The molecule has 0 N–H and O–H groups in total. The van der Waals surface area contributed by atoms with Gasteiger partial charge >= 0.3 is 0 Å². The molecule has 4 rings (SSSR count). The van der Waals surface area contributed by atoms with Crippen LogP contribution in [0.25, 0.3) is 22.5 Å². The first kappa shape index (κ1) is 17.8.